The van der Waals surface area contributed by atoms with Gasteiger partial charge in [-0.1, -0.05) is 37.2 Å². The third-order valence-electron chi connectivity index (χ3n) is 3.94. The van der Waals surface area contributed by atoms with Crippen LogP contribution in [0.2, 0.25) is 0 Å². The lowest BCUT2D eigenvalue weighted by molar-refractivity contribution is 0.0555. The normalized spacial score (nSPS) is 19.1. The number of rotatable bonds is 4. The first-order valence-electron chi connectivity index (χ1n) is 7.37. The number of aromatic nitrogens is 2. The number of nitrogens with one attached hydrogen (secondary N) is 1. The van der Waals surface area contributed by atoms with Crippen molar-refractivity contribution in [2.24, 2.45) is 5.92 Å². The van der Waals surface area contributed by atoms with E-state index in [1.54, 1.807) is 7.11 Å². The fourth-order valence-electron chi connectivity index (χ4n) is 2.82. The summed E-state index contributed by atoms with van der Waals surface area (Å²) < 4.78 is 10.9. The van der Waals surface area contributed by atoms with Crippen LogP contribution < -0.4 is 5.32 Å². The van der Waals surface area contributed by atoms with Crippen molar-refractivity contribution in [3.8, 4) is 0 Å². The quantitative estimate of drug-likeness (QED) is 0.936. The number of anilines is 1. The molecular weight excluding hydrogens is 266 g/mol. The van der Waals surface area contributed by atoms with Crippen molar-refractivity contribution in [2.45, 2.75) is 32.3 Å². The molecule has 0 amide bonds. The van der Waals surface area contributed by atoms with Crippen LogP contribution in [0.4, 0.5) is 5.69 Å². The topological polar surface area (TPSA) is 60.2 Å². The third-order valence-corrected chi connectivity index (χ3v) is 3.94. The molecule has 1 aromatic heterocycles. The number of hydrogen-bond acceptors (Lipinski definition) is 5. The van der Waals surface area contributed by atoms with Gasteiger partial charge in [-0.3, -0.25) is 0 Å². The van der Waals surface area contributed by atoms with E-state index in [4.69, 9.17) is 9.26 Å². The predicted octanol–water partition coefficient (Wildman–Crippen LogP) is 3.16. The molecule has 0 fully saturated rings. The highest BCUT2D eigenvalue weighted by atomic mass is 16.5. The van der Waals surface area contributed by atoms with E-state index in [1.807, 2.05) is 6.07 Å². The Hall–Kier alpha value is -1.88. The van der Waals surface area contributed by atoms with Gasteiger partial charge in [0.25, 0.3) is 0 Å². The number of benzene rings is 1. The van der Waals surface area contributed by atoms with Crippen molar-refractivity contribution < 1.29 is 9.26 Å². The minimum atomic E-state index is -0.119. The van der Waals surface area contributed by atoms with Crippen LogP contribution in [0.5, 0.6) is 0 Å². The van der Waals surface area contributed by atoms with Gasteiger partial charge in [-0.2, -0.15) is 4.98 Å². The van der Waals surface area contributed by atoms with E-state index in [0.29, 0.717) is 17.6 Å². The van der Waals surface area contributed by atoms with E-state index in [-0.39, 0.29) is 12.0 Å². The van der Waals surface area contributed by atoms with Gasteiger partial charge in [0.05, 0.1) is 5.92 Å². The Bertz CT molecular complexity index is 609. The first-order chi connectivity index (χ1) is 10.2. The molecule has 1 aliphatic heterocycles. The molecule has 2 heterocycles. The first-order valence-corrected chi connectivity index (χ1v) is 7.37. The fraction of sp³-hybridized carbons (Fsp3) is 0.500. The molecule has 1 aliphatic rings. The molecule has 0 saturated carbocycles. The molecule has 2 aromatic rings. The highest BCUT2D eigenvalue weighted by molar-refractivity contribution is 5.53. The van der Waals surface area contributed by atoms with E-state index in [9.17, 15) is 0 Å². The summed E-state index contributed by atoms with van der Waals surface area (Å²) in [6, 6.07) is 8.34. The lowest BCUT2D eigenvalue weighted by atomic mass is 9.94. The lowest BCUT2D eigenvalue weighted by Crippen LogP contribution is -2.21. The van der Waals surface area contributed by atoms with Crippen LogP contribution in [-0.2, 0) is 11.2 Å². The number of nitrogens with zero attached hydrogens (tertiary/aromatic N) is 2. The molecule has 0 bridgehead atoms. The van der Waals surface area contributed by atoms with Gasteiger partial charge in [-0.25, -0.2) is 0 Å². The van der Waals surface area contributed by atoms with Crippen molar-refractivity contribution in [3.05, 3.63) is 41.5 Å². The van der Waals surface area contributed by atoms with E-state index in [0.717, 1.165) is 13.0 Å². The van der Waals surface area contributed by atoms with Gasteiger partial charge in [-0.15, -0.1) is 0 Å². The Kier molecular flexibility index (Phi) is 3.92. The Balaban J connectivity index is 1.79. The second-order valence-corrected chi connectivity index (χ2v) is 5.83. The van der Waals surface area contributed by atoms with Crippen molar-refractivity contribution in [3.63, 3.8) is 0 Å². The maximum absolute atomic E-state index is 5.47. The summed E-state index contributed by atoms with van der Waals surface area (Å²) in [5.41, 5.74) is 2.49. The molecule has 2 unspecified atom stereocenters. The largest absolute Gasteiger partial charge is 0.384 e. The Morgan fingerprint density at radius 1 is 1.33 bits per heavy atom. The molecule has 5 nitrogen and oxygen atoms in total. The minimum Gasteiger partial charge on any atom is -0.384 e. The number of para-hydroxylation sites is 1. The molecule has 21 heavy (non-hydrogen) atoms. The van der Waals surface area contributed by atoms with Gasteiger partial charge >= 0.3 is 0 Å². The second kappa shape index (κ2) is 5.85. The summed E-state index contributed by atoms with van der Waals surface area (Å²) in [7, 11) is 1.68. The van der Waals surface area contributed by atoms with Crippen molar-refractivity contribution >= 4 is 5.69 Å². The fourth-order valence-corrected chi connectivity index (χ4v) is 2.82. The maximum atomic E-state index is 5.47. The molecule has 0 aliphatic carbocycles. The van der Waals surface area contributed by atoms with Crippen molar-refractivity contribution in [2.75, 3.05) is 19.0 Å². The summed E-state index contributed by atoms with van der Waals surface area (Å²) in [6.07, 6.45) is 0.802. The van der Waals surface area contributed by atoms with Crippen LogP contribution in [0.25, 0.3) is 0 Å². The number of ether oxygens (including phenoxy) is 1. The summed E-state index contributed by atoms with van der Waals surface area (Å²) in [5, 5.41) is 7.53. The molecule has 2 atom stereocenters. The summed E-state index contributed by atoms with van der Waals surface area (Å²) in [4.78, 5) is 4.56. The van der Waals surface area contributed by atoms with Crippen LogP contribution in [0.15, 0.2) is 28.8 Å². The van der Waals surface area contributed by atoms with Gasteiger partial charge in [-0.05, 0) is 24.0 Å². The monoisotopic (exact) mass is 287 g/mol. The molecule has 3 rings (SSSR count). The molecule has 5 heteroatoms. The van der Waals surface area contributed by atoms with E-state index < -0.39 is 0 Å². The molecular formula is C16H21N3O2. The summed E-state index contributed by atoms with van der Waals surface area (Å²) in [5.74, 6) is 1.85. The minimum absolute atomic E-state index is 0.119. The molecule has 112 valence electrons. The van der Waals surface area contributed by atoms with Crippen molar-refractivity contribution in [1.82, 2.24) is 10.1 Å². The van der Waals surface area contributed by atoms with Gasteiger partial charge in [0.1, 0.15) is 6.10 Å². The number of fused-ring (bicyclic) bond motifs is 1. The Labute approximate surface area is 124 Å². The smallest absolute Gasteiger partial charge is 0.231 e. The zero-order valence-electron chi connectivity index (χ0n) is 12.7. The zero-order chi connectivity index (χ0) is 14.8. The Morgan fingerprint density at radius 2 is 2.14 bits per heavy atom. The highest BCUT2D eigenvalue weighted by Crippen LogP contribution is 2.31. The average molecular weight is 287 g/mol. The summed E-state index contributed by atoms with van der Waals surface area (Å²) in [6.45, 7) is 4.99. The molecule has 1 aromatic carbocycles. The van der Waals surface area contributed by atoms with Crippen LogP contribution in [0.3, 0.4) is 0 Å². The van der Waals surface area contributed by atoms with Gasteiger partial charge in [0, 0.05) is 19.3 Å². The highest BCUT2D eigenvalue weighted by Gasteiger charge is 2.27. The van der Waals surface area contributed by atoms with E-state index in [2.05, 4.69) is 47.5 Å². The molecule has 0 saturated heterocycles. The Morgan fingerprint density at radius 3 is 2.90 bits per heavy atom. The van der Waals surface area contributed by atoms with Gasteiger partial charge in [0.15, 0.2) is 0 Å². The van der Waals surface area contributed by atoms with Crippen molar-refractivity contribution in [1.29, 1.82) is 0 Å². The SMILES string of the molecule is COC(c1noc(C2CNc3ccccc3C2)n1)C(C)C. The first kappa shape index (κ1) is 14.1. The van der Waals surface area contributed by atoms with E-state index in [1.165, 1.54) is 11.3 Å². The predicted molar refractivity (Wildman–Crippen MR) is 80.3 cm³/mol. The average Bonchev–Trinajstić information content (AvgIpc) is 2.96. The molecule has 0 spiro atoms. The lowest BCUT2D eigenvalue weighted by Gasteiger charge is -2.23. The van der Waals surface area contributed by atoms with E-state index >= 15 is 0 Å². The molecule has 0 radical (unpaired) electrons. The maximum Gasteiger partial charge on any atom is 0.231 e. The molecule has 1 N–H and O–H groups in total. The standard InChI is InChI=1S/C16H21N3O2/c1-10(2)14(20-3)15-18-16(21-19-15)12-8-11-6-4-5-7-13(11)17-9-12/h4-7,10,12,14,17H,8-9H2,1-3H3. The third kappa shape index (κ3) is 2.78. The van der Waals surface area contributed by atoms with Crippen LogP contribution in [-0.4, -0.2) is 23.8 Å². The summed E-state index contributed by atoms with van der Waals surface area (Å²) >= 11 is 0. The van der Waals surface area contributed by atoms with Crippen LogP contribution >= 0.6 is 0 Å². The van der Waals surface area contributed by atoms with Crippen LogP contribution in [0, 0.1) is 5.92 Å². The second-order valence-electron chi connectivity index (χ2n) is 5.83. The van der Waals surface area contributed by atoms with Crippen LogP contribution in [0.1, 0.15) is 43.1 Å². The zero-order valence-corrected chi connectivity index (χ0v) is 12.7. The number of methoxy groups -OCH3 is 1. The number of hydrogen-bond donors (Lipinski definition) is 1. The van der Waals surface area contributed by atoms with Gasteiger partial charge < -0.3 is 14.6 Å². The van der Waals surface area contributed by atoms with Gasteiger partial charge in [0.2, 0.25) is 11.7 Å².